The topological polar surface area (TPSA) is 58.2 Å². The van der Waals surface area contributed by atoms with Gasteiger partial charge < -0.3 is 10.6 Å². The van der Waals surface area contributed by atoms with Crippen LogP contribution in [0.15, 0.2) is 29.2 Å². The van der Waals surface area contributed by atoms with Crippen molar-refractivity contribution < 1.29 is 9.59 Å². The number of benzene rings is 1. The van der Waals surface area contributed by atoms with Crippen molar-refractivity contribution in [3.05, 3.63) is 40.3 Å². The Labute approximate surface area is 153 Å². The van der Waals surface area contributed by atoms with Gasteiger partial charge in [-0.2, -0.15) is 0 Å². The Morgan fingerprint density at radius 1 is 1.40 bits per heavy atom. The predicted octanol–water partition coefficient (Wildman–Crippen LogP) is 3.26. The lowest BCUT2D eigenvalue weighted by Crippen LogP contribution is -2.51. The molecule has 0 aromatic heterocycles. The Bertz CT molecular complexity index is 686. The van der Waals surface area contributed by atoms with Gasteiger partial charge in [0.05, 0.1) is 4.91 Å². The number of amides is 2. The molecule has 1 heterocycles. The summed E-state index contributed by atoms with van der Waals surface area (Å²) in [5.41, 5.74) is 2.25. The zero-order valence-electron chi connectivity index (χ0n) is 14.9. The van der Waals surface area contributed by atoms with E-state index in [1.54, 1.807) is 11.8 Å². The number of hydrogen-bond donors (Lipinski definition) is 2. The Kier molecular flexibility index (Phi) is 5.84. The zero-order valence-corrected chi connectivity index (χ0v) is 15.7. The molecule has 0 radical (unpaired) electrons. The highest BCUT2D eigenvalue weighted by atomic mass is 32.2. The van der Waals surface area contributed by atoms with Crippen LogP contribution < -0.4 is 10.6 Å². The van der Waals surface area contributed by atoms with E-state index in [0.29, 0.717) is 5.25 Å². The molecule has 3 unspecified atom stereocenters. The van der Waals surface area contributed by atoms with Crippen LogP contribution in [-0.2, 0) is 9.59 Å². The van der Waals surface area contributed by atoms with Crippen LogP contribution in [0.5, 0.6) is 0 Å². The predicted molar refractivity (Wildman–Crippen MR) is 103 cm³/mol. The molecule has 1 aromatic rings. The molecule has 1 saturated heterocycles. The van der Waals surface area contributed by atoms with Gasteiger partial charge in [0.1, 0.15) is 0 Å². The van der Waals surface area contributed by atoms with E-state index in [1.807, 2.05) is 18.2 Å². The van der Waals surface area contributed by atoms with Crippen LogP contribution in [0.2, 0.25) is 0 Å². The SMILES string of the molecule is CCCNC(=O)C1CCC2S/C(=C/c3cccc(C)c3)C(=O)NC2C1. The third-order valence-electron chi connectivity index (χ3n) is 4.87. The second kappa shape index (κ2) is 8.09. The van der Waals surface area contributed by atoms with Crippen LogP contribution in [0, 0.1) is 12.8 Å². The van der Waals surface area contributed by atoms with Crippen LogP contribution in [-0.4, -0.2) is 29.7 Å². The van der Waals surface area contributed by atoms with E-state index >= 15 is 0 Å². The largest absolute Gasteiger partial charge is 0.356 e. The van der Waals surface area contributed by atoms with E-state index in [0.717, 1.165) is 42.7 Å². The van der Waals surface area contributed by atoms with Crippen LogP contribution in [0.25, 0.3) is 6.08 Å². The number of hydrogen-bond acceptors (Lipinski definition) is 3. The summed E-state index contributed by atoms with van der Waals surface area (Å²) in [6.45, 7) is 4.84. The van der Waals surface area contributed by atoms with E-state index < -0.39 is 0 Å². The van der Waals surface area contributed by atoms with Gasteiger partial charge >= 0.3 is 0 Å². The van der Waals surface area contributed by atoms with E-state index in [4.69, 9.17) is 0 Å². The maximum absolute atomic E-state index is 12.5. The van der Waals surface area contributed by atoms with Crippen molar-refractivity contribution in [2.75, 3.05) is 6.54 Å². The minimum Gasteiger partial charge on any atom is -0.356 e. The van der Waals surface area contributed by atoms with Gasteiger partial charge in [0, 0.05) is 23.8 Å². The molecule has 0 bridgehead atoms. The lowest BCUT2D eigenvalue weighted by atomic mass is 9.84. The molecule has 25 heavy (non-hydrogen) atoms. The Morgan fingerprint density at radius 2 is 2.24 bits per heavy atom. The molecule has 2 fully saturated rings. The van der Waals surface area contributed by atoms with Crippen LogP contribution in [0.4, 0.5) is 0 Å². The molecule has 1 aliphatic heterocycles. The first-order valence-corrected chi connectivity index (χ1v) is 9.98. The number of carbonyl (C=O) groups excluding carboxylic acids is 2. The average molecular weight is 359 g/mol. The van der Waals surface area contributed by atoms with Gasteiger partial charge in [-0.3, -0.25) is 9.59 Å². The van der Waals surface area contributed by atoms with Gasteiger partial charge in [0.15, 0.2) is 0 Å². The summed E-state index contributed by atoms with van der Waals surface area (Å²) in [7, 11) is 0. The summed E-state index contributed by atoms with van der Waals surface area (Å²) in [5, 5.41) is 6.49. The first-order valence-electron chi connectivity index (χ1n) is 9.10. The van der Waals surface area contributed by atoms with Crippen LogP contribution >= 0.6 is 11.8 Å². The van der Waals surface area contributed by atoms with E-state index in [1.165, 1.54) is 5.56 Å². The molecule has 1 aliphatic carbocycles. The quantitative estimate of drug-likeness (QED) is 0.812. The van der Waals surface area contributed by atoms with Crippen molar-refractivity contribution in [1.29, 1.82) is 0 Å². The monoisotopic (exact) mass is 358 g/mol. The van der Waals surface area contributed by atoms with Crippen molar-refractivity contribution in [3.8, 4) is 0 Å². The lowest BCUT2D eigenvalue weighted by Gasteiger charge is -2.39. The van der Waals surface area contributed by atoms with Gasteiger partial charge in [-0.1, -0.05) is 36.8 Å². The van der Waals surface area contributed by atoms with Crippen LogP contribution in [0.3, 0.4) is 0 Å². The second-order valence-electron chi connectivity index (χ2n) is 6.96. The molecule has 0 spiro atoms. The number of carbonyl (C=O) groups is 2. The average Bonchev–Trinajstić information content (AvgIpc) is 2.60. The molecule has 2 aliphatic rings. The number of fused-ring (bicyclic) bond motifs is 1. The molecule has 5 heteroatoms. The number of thioether (sulfide) groups is 1. The smallest absolute Gasteiger partial charge is 0.257 e. The van der Waals surface area contributed by atoms with E-state index in [2.05, 4.69) is 36.6 Å². The number of nitrogens with one attached hydrogen (secondary N) is 2. The molecule has 2 N–H and O–H groups in total. The van der Waals surface area contributed by atoms with Gasteiger partial charge in [-0.25, -0.2) is 0 Å². The van der Waals surface area contributed by atoms with Gasteiger partial charge in [0.2, 0.25) is 5.91 Å². The molecule has 1 aromatic carbocycles. The fourth-order valence-electron chi connectivity index (χ4n) is 3.53. The van der Waals surface area contributed by atoms with Crippen molar-refractivity contribution in [2.24, 2.45) is 5.92 Å². The zero-order chi connectivity index (χ0) is 17.8. The normalized spacial score (nSPS) is 27.5. The van der Waals surface area contributed by atoms with Gasteiger partial charge in [-0.15, -0.1) is 11.8 Å². The van der Waals surface area contributed by atoms with Gasteiger partial charge in [-0.05, 0) is 44.2 Å². The first kappa shape index (κ1) is 18.1. The van der Waals surface area contributed by atoms with Crippen molar-refractivity contribution in [2.45, 2.75) is 50.8 Å². The maximum atomic E-state index is 12.5. The van der Waals surface area contributed by atoms with E-state index in [-0.39, 0.29) is 23.8 Å². The van der Waals surface area contributed by atoms with Crippen molar-refractivity contribution in [1.82, 2.24) is 10.6 Å². The fraction of sp³-hybridized carbons (Fsp3) is 0.500. The van der Waals surface area contributed by atoms with Gasteiger partial charge in [0.25, 0.3) is 5.91 Å². The number of rotatable bonds is 4. The summed E-state index contributed by atoms with van der Waals surface area (Å²) in [5.74, 6) is 0.152. The minimum atomic E-state index is -0.0117. The van der Waals surface area contributed by atoms with Crippen LogP contribution in [0.1, 0.15) is 43.7 Å². The molecular weight excluding hydrogens is 332 g/mol. The molecule has 1 saturated carbocycles. The summed E-state index contributed by atoms with van der Waals surface area (Å²) < 4.78 is 0. The summed E-state index contributed by atoms with van der Waals surface area (Å²) in [6, 6.07) is 8.27. The molecule has 3 rings (SSSR count). The summed E-state index contributed by atoms with van der Waals surface area (Å²) in [4.78, 5) is 25.5. The second-order valence-corrected chi connectivity index (χ2v) is 8.24. The Hall–Kier alpha value is -1.75. The summed E-state index contributed by atoms with van der Waals surface area (Å²) >= 11 is 1.67. The third-order valence-corrected chi connectivity index (χ3v) is 6.29. The maximum Gasteiger partial charge on any atom is 0.257 e. The molecule has 4 nitrogen and oxygen atoms in total. The molecular formula is C20H26N2O2S. The lowest BCUT2D eigenvalue weighted by molar-refractivity contribution is -0.127. The molecule has 134 valence electrons. The Balaban J connectivity index is 1.65. The first-order chi connectivity index (χ1) is 12.1. The van der Waals surface area contributed by atoms with Crippen molar-refractivity contribution >= 4 is 29.7 Å². The molecule has 2 amide bonds. The summed E-state index contributed by atoms with van der Waals surface area (Å²) in [6.07, 6.45) is 5.53. The molecule has 3 atom stereocenters. The number of aryl methyl sites for hydroxylation is 1. The highest BCUT2D eigenvalue weighted by molar-refractivity contribution is 8.04. The highest BCUT2D eigenvalue weighted by Gasteiger charge is 2.39. The minimum absolute atomic E-state index is 0.0117. The standard InChI is InChI=1S/C20H26N2O2S/c1-3-9-21-19(23)15-7-8-17-16(12-15)22-20(24)18(25-17)11-14-6-4-5-13(2)10-14/h4-6,10-11,15-17H,3,7-9,12H2,1-2H3,(H,21,23)(H,22,24)/b18-11+. The fourth-order valence-corrected chi connectivity index (χ4v) is 4.83. The third kappa shape index (κ3) is 4.46. The van der Waals surface area contributed by atoms with E-state index in [9.17, 15) is 9.59 Å². The Morgan fingerprint density at radius 3 is 3.00 bits per heavy atom. The highest BCUT2D eigenvalue weighted by Crippen LogP contribution is 2.39. The van der Waals surface area contributed by atoms with Crippen molar-refractivity contribution in [3.63, 3.8) is 0 Å².